The van der Waals surface area contributed by atoms with Crippen molar-refractivity contribution < 1.29 is 10.4 Å². The van der Waals surface area contributed by atoms with Crippen LogP contribution in [0.1, 0.15) is 60.8 Å². The van der Waals surface area contributed by atoms with E-state index in [1.165, 1.54) is 0 Å². The Balaban J connectivity index is 4.37. The number of hydrogen-bond acceptors (Lipinski definition) is 7. The van der Waals surface area contributed by atoms with Crippen molar-refractivity contribution in [3.8, 4) is 0 Å². The number of oxime groups is 2. The van der Waals surface area contributed by atoms with Crippen LogP contribution in [0.2, 0.25) is 0 Å². The predicted molar refractivity (Wildman–Crippen MR) is 100 cm³/mol. The van der Waals surface area contributed by atoms with Crippen molar-refractivity contribution in [2.75, 3.05) is 19.6 Å². The van der Waals surface area contributed by atoms with Gasteiger partial charge in [0.15, 0.2) is 0 Å². The van der Waals surface area contributed by atoms with Crippen molar-refractivity contribution in [3.05, 3.63) is 0 Å². The molecule has 0 aliphatic carbocycles. The molecule has 24 heavy (non-hydrogen) atoms. The molecule has 0 heterocycles. The lowest BCUT2D eigenvalue weighted by atomic mass is 9.94. The van der Waals surface area contributed by atoms with Crippen LogP contribution in [0.3, 0.4) is 0 Å². The van der Waals surface area contributed by atoms with Crippen molar-refractivity contribution in [2.45, 2.75) is 71.9 Å². The summed E-state index contributed by atoms with van der Waals surface area (Å²) in [5, 5.41) is 31.3. The van der Waals surface area contributed by atoms with Crippen molar-refractivity contribution in [3.63, 3.8) is 0 Å². The quantitative estimate of drug-likeness (QED) is 0.212. The maximum Gasteiger partial charge on any atom is 0.0734 e. The van der Waals surface area contributed by atoms with Crippen LogP contribution in [-0.2, 0) is 0 Å². The molecule has 7 heteroatoms. The first kappa shape index (κ1) is 22.8. The fourth-order valence-electron chi connectivity index (χ4n) is 2.35. The van der Waals surface area contributed by atoms with Gasteiger partial charge in [0.25, 0.3) is 0 Å². The molecule has 0 fully saturated rings. The van der Waals surface area contributed by atoms with Gasteiger partial charge in [-0.3, -0.25) is 0 Å². The van der Waals surface area contributed by atoms with Gasteiger partial charge in [-0.05, 0) is 86.4 Å². The fourth-order valence-corrected chi connectivity index (χ4v) is 2.35. The Hall–Kier alpha value is -1.18. The van der Waals surface area contributed by atoms with Gasteiger partial charge in [-0.1, -0.05) is 10.3 Å². The first-order chi connectivity index (χ1) is 11.1. The zero-order chi connectivity index (χ0) is 18.8. The van der Waals surface area contributed by atoms with E-state index in [0.717, 1.165) is 32.4 Å². The molecular weight excluding hydrogens is 306 g/mol. The maximum atomic E-state index is 8.92. The van der Waals surface area contributed by atoms with Gasteiger partial charge >= 0.3 is 0 Å². The van der Waals surface area contributed by atoms with E-state index in [1.54, 1.807) is 13.8 Å². The molecule has 0 amide bonds. The predicted octanol–water partition coefficient (Wildman–Crippen LogP) is 2.17. The summed E-state index contributed by atoms with van der Waals surface area (Å²) < 4.78 is 0. The first-order valence-corrected chi connectivity index (χ1v) is 8.69. The molecule has 6 N–H and O–H groups in total. The van der Waals surface area contributed by atoms with Crippen molar-refractivity contribution >= 4 is 11.4 Å². The lowest BCUT2D eigenvalue weighted by Gasteiger charge is -2.28. The van der Waals surface area contributed by atoms with Gasteiger partial charge in [0.05, 0.1) is 22.5 Å². The normalized spacial score (nSPS) is 15.6. The molecule has 7 nitrogen and oxygen atoms in total. The maximum absolute atomic E-state index is 8.92. The Morgan fingerprint density at radius 2 is 1.25 bits per heavy atom. The summed E-state index contributed by atoms with van der Waals surface area (Å²) in [4.78, 5) is 0. The Morgan fingerprint density at radius 1 is 0.875 bits per heavy atom. The summed E-state index contributed by atoms with van der Waals surface area (Å²) in [5.74, 6) is 0.513. The fraction of sp³-hybridized carbons (Fsp3) is 0.882. The van der Waals surface area contributed by atoms with Crippen LogP contribution < -0.4 is 16.4 Å². The Bertz CT molecular complexity index is 383. The van der Waals surface area contributed by atoms with E-state index >= 15 is 0 Å². The van der Waals surface area contributed by atoms with E-state index in [1.807, 2.05) is 27.7 Å². The highest BCUT2D eigenvalue weighted by Gasteiger charge is 2.23. The third kappa shape index (κ3) is 8.08. The van der Waals surface area contributed by atoms with E-state index in [2.05, 4.69) is 20.9 Å². The van der Waals surface area contributed by atoms with Gasteiger partial charge < -0.3 is 26.8 Å². The van der Waals surface area contributed by atoms with Crippen LogP contribution in [0, 0.1) is 5.92 Å². The molecule has 0 atom stereocenters. The van der Waals surface area contributed by atoms with Crippen LogP contribution in [0.25, 0.3) is 0 Å². The lowest BCUT2D eigenvalue weighted by molar-refractivity contribution is 0.307. The van der Waals surface area contributed by atoms with Crippen molar-refractivity contribution in [1.82, 2.24) is 10.6 Å². The van der Waals surface area contributed by atoms with Gasteiger partial charge in [0.1, 0.15) is 0 Å². The van der Waals surface area contributed by atoms with Gasteiger partial charge in [-0.2, -0.15) is 0 Å². The molecule has 0 bridgehead atoms. The molecule has 0 aliphatic rings. The monoisotopic (exact) mass is 343 g/mol. The molecule has 0 saturated carbocycles. The summed E-state index contributed by atoms with van der Waals surface area (Å²) >= 11 is 0. The van der Waals surface area contributed by atoms with Gasteiger partial charge in [0.2, 0.25) is 0 Å². The van der Waals surface area contributed by atoms with E-state index in [9.17, 15) is 0 Å². The molecule has 0 spiro atoms. The van der Waals surface area contributed by atoms with E-state index < -0.39 is 0 Å². The van der Waals surface area contributed by atoms with Crippen LogP contribution in [-0.4, -0.2) is 52.5 Å². The van der Waals surface area contributed by atoms with Crippen molar-refractivity contribution in [1.29, 1.82) is 0 Å². The molecule has 0 aromatic carbocycles. The highest BCUT2D eigenvalue weighted by molar-refractivity contribution is 5.90. The Kier molecular flexibility index (Phi) is 10.1. The summed E-state index contributed by atoms with van der Waals surface area (Å²) in [6.45, 7) is 14.0. The second-order valence-electron chi connectivity index (χ2n) is 7.50. The number of rotatable bonds is 12. The largest absolute Gasteiger partial charge is 0.411 e. The van der Waals surface area contributed by atoms with Crippen LogP contribution >= 0.6 is 0 Å². The average molecular weight is 344 g/mol. The molecular formula is C17H37N5O2. The minimum atomic E-state index is -0.322. The SMILES string of the molecule is C/C(=N\O)C(C)(C)NCCC(CCN)CCNC(C)(C)/C(C)=N/O. The van der Waals surface area contributed by atoms with Crippen LogP contribution in [0.4, 0.5) is 0 Å². The summed E-state index contributed by atoms with van der Waals surface area (Å²) in [6.07, 6.45) is 2.99. The molecule has 142 valence electrons. The molecule has 0 aromatic rings. The van der Waals surface area contributed by atoms with Crippen LogP contribution in [0.5, 0.6) is 0 Å². The highest BCUT2D eigenvalue weighted by Crippen LogP contribution is 2.14. The Labute approximate surface area is 146 Å². The zero-order valence-electron chi connectivity index (χ0n) is 16.2. The van der Waals surface area contributed by atoms with Gasteiger partial charge in [0, 0.05) is 0 Å². The average Bonchev–Trinajstić information content (AvgIpc) is 2.52. The summed E-state index contributed by atoms with van der Waals surface area (Å²) in [7, 11) is 0. The minimum absolute atomic E-state index is 0.322. The standard InChI is InChI=1S/C17H37N5O2/c1-13(21-23)16(3,4)19-11-8-15(7-10-18)9-12-20-17(5,6)14(2)22-24/h15,19-20,23-24H,7-12,18H2,1-6H3/b21-13+,22-14+. The molecule has 0 saturated heterocycles. The second-order valence-corrected chi connectivity index (χ2v) is 7.50. The molecule has 0 aliphatic heterocycles. The smallest absolute Gasteiger partial charge is 0.0734 e. The number of nitrogens with two attached hydrogens (primary N) is 1. The third-order valence-electron chi connectivity index (χ3n) is 4.92. The molecule has 0 radical (unpaired) electrons. The zero-order valence-corrected chi connectivity index (χ0v) is 16.2. The number of nitrogens with one attached hydrogen (secondary N) is 2. The molecule has 0 rings (SSSR count). The second kappa shape index (κ2) is 10.6. The first-order valence-electron chi connectivity index (χ1n) is 8.69. The van der Waals surface area contributed by atoms with E-state index in [0.29, 0.717) is 23.9 Å². The van der Waals surface area contributed by atoms with Gasteiger partial charge in [-0.15, -0.1) is 0 Å². The minimum Gasteiger partial charge on any atom is -0.411 e. The number of nitrogens with zero attached hydrogens (tertiary/aromatic N) is 2. The molecule has 0 aromatic heterocycles. The van der Waals surface area contributed by atoms with E-state index in [4.69, 9.17) is 16.1 Å². The van der Waals surface area contributed by atoms with E-state index in [-0.39, 0.29) is 11.1 Å². The number of hydrogen-bond donors (Lipinski definition) is 5. The van der Waals surface area contributed by atoms with Gasteiger partial charge in [-0.25, -0.2) is 0 Å². The third-order valence-corrected chi connectivity index (χ3v) is 4.92. The van der Waals surface area contributed by atoms with Crippen molar-refractivity contribution in [2.24, 2.45) is 22.0 Å². The highest BCUT2D eigenvalue weighted by atomic mass is 16.4. The topological polar surface area (TPSA) is 115 Å². The van der Waals surface area contributed by atoms with Crippen LogP contribution in [0.15, 0.2) is 10.3 Å². The summed E-state index contributed by atoms with van der Waals surface area (Å²) in [5.41, 5.74) is 6.43. The molecule has 0 unspecified atom stereocenters. The lowest BCUT2D eigenvalue weighted by Crippen LogP contribution is -2.47. The summed E-state index contributed by atoms with van der Waals surface area (Å²) in [6, 6.07) is 0. The Morgan fingerprint density at radius 3 is 1.54 bits per heavy atom.